The predicted octanol–water partition coefficient (Wildman–Crippen LogP) is 3.70. The van der Waals surface area contributed by atoms with E-state index in [0.29, 0.717) is 28.8 Å². The van der Waals surface area contributed by atoms with Gasteiger partial charge in [0.1, 0.15) is 0 Å². The number of amides is 2. The number of halogens is 1. The van der Waals surface area contributed by atoms with Crippen LogP contribution in [0.2, 0.25) is 5.02 Å². The first-order valence-corrected chi connectivity index (χ1v) is 8.12. The topological polar surface area (TPSA) is 85.6 Å². The summed E-state index contributed by atoms with van der Waals surface area (Å²) in [4.78, 5) is 10.8. The van der Waals surface area contributed by atoms with Crippen LogP contribution in [0.1, 0.15) is 24.1 Å². The van der Waals surface area contributed by atoms with Crippen molar-refractivity contribution in [1.29, 1.82) is 0 Å². The van der Waals surface area contributed by atoms with Crippen LogP contribution in [0.4, 0.5) is 10.5 Å². The van der Waals surface area contributed by atoms with Crippen molar-refractivity contribution >= 4 is 23.3 Å². The van der Waals surface area contributed by atoms with E-state index < -0.39 is 6.03 Å². The van der Waals surface area contributed by atoms with E-state index in [0.717, 1.165) is 11.1 Å². The Morgan fingerprint density at radius 1 is 1.20 bits per heavy atom. The molecule has 25 heavy (non-hydrogen) atoms. The van der Waals surface area contributed by atoms with Crippen LogP contribution in [-0.4, -0.2) is 20.3 Å². The number of urea groups is 1. The summed E-state index contributed by atoms with van der Waals surface area (Å²) in [5.74, 6) is 1.12. The lowest BCUT2D eigenvalue weighted by molar-refractivity contribution is 0.259. The number of methoxy groups -OCH3 is 2. The molecule has 0 fully saturated rings. The molecule has 6 nitrogen and oxygen atoms in total. The largest absolute Gasteiger partial charge is 0.493 e. The number of rotatable bonds is 7. The third kappa shape index (κ3) is 5.01. The SMILES string of the molecule is COc1cc(CNC(C)c2ccc(NC(N)=O)cc2)cc(Cl)c1OC. The zero-order valence-corrected chi connectivity index (χ0v) is 15.2. The predicted molar refractivity (Wildman–Crippen MR) is 99.5 cm³/mol. The van der Waals surface area contributed by atoms with Crippen LogP contribution in [0.25, 0.3) is 0 Å². The Hall–Kier alpha value is -2.44. The quantitative estimate of drug-likeness (QED) is 0.700. The summed E-state index contributed by atoms with van der Waals surface area (Å²) in [6.45, 7) is 2.67. The first kappa shape index (κ1) is 18.9. The molecule has 0 heterocycles. The summed E-state index contributed by atoms with van der Waals surface area (Å²) < 4.78 is 10.6. The van der Waals surface area contributed by atoms with E-state index in [1.807, 2.05) is 36.4 Å². The Labute approximate surface area is 152 Å². The molecule has 0 bridgehead atoms. The van der Waals surface area contributed by atoms with Crippen molar-refractivity contribution < 1.29 is 14.3 Å². The molecule has 0 aliphatic rings. The fraction of sp³-hybridized carbons (Fsp3) is 0.278. The van der Waals surface area contributed by atoms with E-state index in [1.54, 1.807) is 14.2 Å². The average molecular weight is 364 g/mol. The first-order valence-electron chi connectivity index (χ1n) is 7.74. The second-order valence-corrected chi connectivity index (χ2v) is 5.93. The maximum absolute atomic E-state index is 10.8. The Morgan fingerprint density at radius 2 is 1.88 bits per heavy atom. The fourth-order valence-corrected chi connectivity index (χ4v) is 2.77. The lowest BCUT2D eigenvalue weighted by Gasteiger charge is -2.16. The lowest BCUT2D eigenvalue weighted by atomic mass is 10.1. The van der Waals surface area contributed by atoms with E-state index in [2.05, 4.69) is 17.6 Å². The number of primary amides is 1. The molecule has 0 spiro atoms. The van der Waals surface area contributed by atoms with Crippen molar-refractivity contribution in [2.75, 3.05) is 19.5 Å². The summed E-state index contributed by atoms with van der Waals surface area (Å²) in [7, 11) is 3.14. The third-order valence-electron chi connectivity index (χ3n) is 3.78. The minimum absolute atomic E-state index is 0.106. The molecule has 0 saturated heterocycles. The van der Waals surface area contributed by atoms with Gasteiger partial charge < -0.3 is 25.8 Å². The van der Waals surface area contributed by atoms with Gasteiger partial charge in [-0.2, -0.15) is 0 Å². The molecular formula is C18H22ClN3O3. The normalized spacial score (nSPS) is 11.7. The zero-order chi connectivity index (χ0) is 18.4. The zero-order valence-electron chi connectivity index (χ0n) is 14.4. The minimum Gasteiger partial charge on any atom is -0.493 e. The van der Waals surface area contributed by atoms with E-state index in [1.165, 1.54) is 0 Å². The Kier molecular flexibility index (Phi) is 6.50. The van der Waals surface area contributed by atoms with E-state index in [-0.39, 0.29) is 6.04 Å². The summed E-state index contributed by atoms with van der Waals surface area (Å²) in [5, 5.41) is 6.47. The summed E-state index contributed by atoms with van der Waals surface area (Å²) in [5.41, 5.74) is 7.83. The Morgan fingerprint density at radius 3 is 2.44 bits per heavy atom. The van der Waals surface area contributed by atoms with Gasteiger partial charge in [0.05, 0.1) is 19.2 Å². The highest BCUT2D eigenvalue weighted by molar-refractivity contribution is 6.32. The van der Waals surface area contributed by atoms with Crippen LogP contribution < -0.4 is 25.8 Å². The number of carbonyl (C=O) groups is 1. The molecule has 2 rings (SSSR count). The molecule has 2 amide bonds. The van der Waals surface area contributed by atoms with Crippen molar-refractivity contribution in [2.24, 2.45) is 5.73 Å². The summed E-state index contributed by atoms with van der Waals surface area (Å²) in [6.07, 6.45) is 0. The maximum atomic E-state index is 10.8. The van der Waals surface area contributed by atoms with Gasteiger partial charge in [0.25, 0.3) is 0 Å². The van der Waals surface area contributed by atoms with E-state index >= 15 is 0 Å². The van der Waals surface area contributed by atoms with Crippen LogP contribution in [0.3, 0.4) is 0 Å². The standard InChI is InChI=1S/C18H22ClN3O3/c1-11(13-4-6-14(7-5-13)22-18(20)23)21-10-12-8-15(19)17(25-3)16(9-12)24-2/h4-9,11,21H,10H2,1-3H3,(H3,20,22,23). The van der Waals surface area contributed by atoms with E-state index in [4.69, 9.17) is 26.8 Å². The monoisotopic (exact) mass is 363 g/mol. The van der Waals surface area contributed by atoms with Crippen LogP contribution in [-0.2, 0) is 6.54 Å². The number of anilines is 1. The molecule has 0 radical (unpaired) electrons. The summed E-state index contributed by atoms with van der Waals surface area (Å²) in [6, 6.07) is 10.8. The molecule has 134 valence electrons. The Bertz CT molecular complexity index is 735. The number of nitrogens with one attached hydrogen (secondary N) is 2. The number of hydrogen-bond donors (Lipinski definition) is 3. The van der Waals surface area contributed by atoms with Crippen molar-refractivity contribution in [3.8, 4) is 11.5 Å². The number of hydrogen-bond acceptors (Lipinski definition) is 4. The van der Waals surface area contributed by atoms with Crippen LogP contribution in [0.5, 0.6) is 11.5 Å². The van der Waals surface area contributed by atoms with Gasteiger partial charge in [0.15, 0.2) is 11.5 Å². The molecule has 0 saturated carbocycles. The van der Waals surface area contributed by atoms with Crippen molar-refractivity contribution in [3.05, 3.63) is 52.5 Å². The molecule has 1 atom stereocenters. The van der Waals surface area contributed by atoms with Crippen molar-refractivity contribution in [1.82, 2.24) is 5.32 Å². The van der Waals surface area contributed by atoms with Gasteiger partial charge in [0, 0.05) is 18.3 Å². The van der Waals surface area contributed by atoms with Gasteiger partial charge in [-0.25, -0.2) is 4.79 Å². The molecule has 2 aromatic carbocycles. The maximum Gasteiger partial charge on any atom is 0.316 e. The van der Waals surface area contributed by atoms with Crippen molar-refractivity contribution in [3.63, 3.8) is 0 Å². The van der Waals surface area contributed by atoms with Gasteiger partial charge in [-0.15, -0.1) is 0 Å². The summed E-state index contributed by atoms with van der Waals surface area (Å²) >= 11 is 6.23. The van der Waals surface area contributed by atoms with Crippen molar-refractivity contribution in [2.45, 2.75) is 19.5 Å². The number of benzene rings is 2. The smallest absolute Gasteiger partial charge is 0.316 e. The van der Waals surface area contributed by atoms with Gasteiger partial charge in [0.2, 0.25) is 0 Å². The average Bonchev–Trinajstić information content (AvgIpc) is 2.59. The molecule has 2 aromatic rings. The van der Waals surface area contributed by atoms with Gasteiger partial charge in [-0.1, -0.05) is 23.7 Å². The van der Waals surface area contributed by atoms with Gasteiger partial charge >= 0.3 is 6.03 Å². The minimum atomic E-state index is -0.579. The fourth-order valence-electron chi connectivity index (χ4n) is 2.46. The van der Waals surface area contributed by atoms with Gasteiger partial charge in [-0.3, -0.25) is 0 Å². The molecule has 0 aliphatic heterocycles. The lowest BCUT2D eigenvalue weighted by Crippen LogP contribution is -2.20. The third-order valence-corrected chi connectivity index (χ3v) is 4.06. The van der Waals surface area contributed by atoms with Gasteiger partial charge in [-0.05, 0) is 42.3 Å². The van der Waals surface area contributed by atoms with E-state index in [9.17, 15) is 4.79 Å². The van der Waals surface area contributed by atoms with Crippen LogP contribution in [0, 0.1) is 0 Å². The van der Waals surface area contributed by atoms with Crippen LogP contribution in [0.15, 0.2) is 36.4 Å². The highest BCUT2D eigenvalue weighted by atomic mass is 35.5. The van der Waals surface area contributed by atoms with Crippen LogP contribution >= 0.6 is 11.6 Å². The highest BCUT2D eigenvalue weighted by Crippen LogP contribution is 2.36. The second-order valence-electron chi connectivity index (χ2n) is 5.53. The highest BCUT2D eigenvalue weighted by Gasteiger charge is 2.12. The number of carbonyl (C=O) groups excluding carboxylic acids is 1. The molecular weight excluding hydrogens is 342 g/mol. The molecule has 0 aliphatic carbocycles. The second kappa shape index (κ2) is 8.60. The number of ether oxygens (including phenoxy) is 2. The first-order chi connectivity index (χ1) is 11.9. The molecule has 4 N–H and O–H groups in total. The molecule has 1 unspecified atom stereocenters. The number of nitrogens with two attached hydrogens (primary N) is 1. The Balaban J connectivity index is 2.03. The molecule has 7 heteroatoms. The molecule has 0 aromatic heterocycles.